The molecule has 0 saturated carbocycles. The van der Waals surface area contributed by atoms with Gasteiger partial charge in [0.2, 0.25) is 5.91 Å². The largest absolute Gasteiger partial charge is 0.494 e. The lowest BCUT2D eigenvalue weighted by atomic mass is 10.1. The lowest BCUT2D eigenvalue weighted by Crippen LogP contribution is -2.59. The van der Waals surface area contributed by atoms with E-state index in [0.717, 1.165) is 23.5 Å². The number of piperazine rings is 1. The number of ether oxygens (including phenoxy) is 2. The second-order valence-corrected chi connectivity index (χ2v) is 9.10. The Morgan fingerprint density at radius 1 is 1.03 bits per heavy atom. The fraction of sp³-hybridized carbons (Fsp3) is 0.345. The Kier molecular flexibility index (Phi) is 9.29. The molecule has 9 nitrogen and oxygen atoms in total. The van der Waals surface area contributed by atoms with Crippen molar-refractivity contribution in [3.63, 3.8) is 0 Å². The van der Waals surface area contributed by atoms with Gasteiger partial charge in [-0.1, -0.05) is 30.3 Å². The highest BCUT2D eigenvalue weighted by Crippen LogP contribution is 2.26. The van der Waals surface area contributed by atoms with E-state index < -0.39 is 11.0 Å². The zero-order valence-corrected chi connectivity index (χ0v) is 21.9. The third-order valence-electron chi connectivity index (χ3n) is 6.67. The molecule has 0 radical (unpaired) electrons. The molecule has 1 aliphatic heterocycles. The number of benzene rings is 3. The second-order valence-electron chi connectivity index (χ2n) is 9.10. The van der Waals surface area contributed by atoms with E-state index in [-0.39, 0.29) is 11.6 Å². The summed E-state index contributed by atoms with van der Waals surface area (Å²) < 4.78 is 10.9. The van der Waals surface area contributed by atoms with Crippen LogP contribution >= 0.6 is 0 Å². The van der Waals surface area contributed by atoms with Crippen molar-refractivity contribution >= 4 is 23.0 Å². The first-order valence-electron chi connectivity index (χ1n) is 12.8. The van der Waals surface area contributed by atoms with E-state index >= 15 is 0 Å². The molecule has 1 atom stereocenters. The van der Waals surface area contributed by atoms with E-state index in [4.69, 9.17) is 9.47 Å². The number of nitro groups is 1. The van der Waals surface area contributed by atoms with Gasteiger partial charge in [0.15, 0.2) is 0 Å². The molecule has 3 aromatic carbocycles. The quantitative estimate of drug-likeness (QED) is 0.275. The van der Waals surface area contributed by atoms with Crippen LogP contribution in [0.3, 0.4) is 0 Å². The Bertz CT molecular complexity index is 1190. The Labute approximate surface area is 223 Å². The predicted octanol–water partition coefficient (Wildman–Crippen LogP) is 4.36. The van der Waals surface area contributed by atoms with Crippen molar-refractivity contribution < 1.29 is 19.2 Å². The molecule has 1 fully saturated rings. The highest BCUT2D eigenvalue weighted by molar-refractivity contribution is 5.98. The van der Waals surface area contributed by atoms with Gasteiger partial charge < -0.3 is 19.3 Å². The summed E-state index contributed by atoms with van der Waals surface area (Å²) in [6, 6.07) is 23.8. The summed E-state index contributed by atoms with van der Waals surface area (Å²) in [5, 5.41) is 11.2. The lowest BCUT2D eigenvalue weighted by Gasteiger charge is -2.43. The monoisotopic (exact) mass is 518 g/mol. The van der Waals surface area contributed by atoms with E-state index in [1.54, 1.807) is 24.1 Å². The third kappa shape index (κ3) is 6.67. The Morgan fingerprint density at radius 2 is 1.74 bits per heavy atom. The number of rotatable bonds is 11. The molecule has 1 aliphatic rings. The van der Waals surface area contributed by atoms with Crippen LogP contribution < -0.4 is 14.5 Å². The summed E-state index contributed by atoms with van der Waals surface area (Å²) in [4.78, 5) is 31.0. The molecule has 1 heterocycles. The molecular weight excluding hydrogens is 484 g/mol. The smallest absolute Gasteiger partial charge is 0.269 e. The zero-order chi connectivity index (χ0) is 26.9. The van der Waals surface area contributed by atoms with Gasteiger partial charge >= 0.3 is 0 Å². The first-order valence-corrected chi connectivity index (χ1v) is 12.8. The maximum absolute atomic E-state index is 14.2. The fourth-order valence-corrected chi connectivity index (χ4v) is 4.70. The molecular formula is C29H34N4O5. The topological polar surface area (TPSA) is 88.4 Å². The van der Waals surface area contributed by atoms with Gasteiger partial charge in [-0.15, -0.1) is 0 Å². The average Bonchev–Trinajstić information content (AvgIpc) is 2.95. The SMILES string of the molecule is CCOc1ccc(N2CCN(Cc3ccccc3)C(C(=O)N(CCOC)c3ccc([N+](=O)[O-])cc3)C2)cc1. The first kappa shape index (κ1) is 27.1. The normalized spacial score (nSPS) is 15.7. The zero-order valence-electron chi connectivity index (χ0n) is 21.9. The molecule has 1 saturated heterocycles. The minimum absolute atomic E-state index is 0.0158. The van der Waals surface area contributed by atoms with Crippen molar-refractivity contribution in [1.29, 1.82) is 0 Å². The number of carbonyl (C=O) groups is 1. The van der Waals surface area contributed by atoms with Crippen molar-refractivity contribution in [1.82, 2.24) is 4.90 Å². The molecule has 1 amide bonds. The van der Waals surface area contributed by atoms with Crippen LogP contribution in [-0.4, -0.2) is 68.3 Å². The van der Waals surface area contributed by atoms with E-state index in [2.05, 4.69) is 21.9 Å². The molecule has 0 aliphatic carbocycles. The molecule has 0 aromatic heterocycles. The van der Waals surface area contributed by atoms with Crippen LogP contribution in [0.1, 0.15) is 12.5 Å². The number of nitro benzene ring substituents is 1. The van der Waals surface area contributed by atoms with Crippen LogP contribution in [0.4, 0.5) is 17.1 Å². The second kappa shape index (κ2) is 13.0. The Morgan fingerprint density at radius 3 is 2.37 bits per heavy atom. The van der Waals surface area contributed by atoms with E-state index in [1.165, 1.54) is 12.1 Å². The molecule has 0 N–H and O–H groups in total. The summed E-state index contributed by atoms with van der Waals surface area (Å²) in [6.45, 7) is 5.88. The van der Waals surface area contributed by atoms with E-state index in [0.29, 0.717) is 45.1 Å². The fourth-order valence-electron chi connectivity index (χ4n) is 4.70. The Hall–Kier alpha value is -3.95. The van der Waals surface area contributed by atoms with Crippen molar-refractivity contribution in [2.24, 2.45) is 0 Å². The van der Waals surface area contributed by atoms with E-state index in [9.17, 15) is 14.9 Å². The van der Waals surface area contributed by atoms with Crippen molar-refractivity contribution in [3.8, 4) is 5.75 Å². The highest BCUT2D eigenvalue weighted by atomic mass is 16.6. The van der Waals surface area contributed by atoms with Gasteiger partial charge in [-0.05, 0) is 48.9 Å². The van der Waals surface area contributed by atoms with Crippen molar-refractivity contribution in [2.45, 2.75) is 19.5 Å². The van der Waals surface area contributed by atoms with Crippen molar-refractivity contribution in [3.05, 3.63) is 94.5 Å². The average molecular weight is 519 g/mol. The van der Waals surface area contributed by atoms with Gasteiger partial charge in [-0.3, -0.25) is 19.8 Å². The highest BCUT2D eigenvalue weighted by Gasteiger charge is 2.36. The minimum Gasteiger partial charge on any atom is -0.494 e. The number of nitrogens with zero attached hydrogens (tertiary/aromatic N) is 4. The summed E-state index contributed by atoms with van der Waals surface area (Å²) >= 11 is 0. The van der Waals surface area contributed by atoms with Crippen LogP contribution in [0.5, 0.6) is 5.75 Å². The number of amides is 1. The molecule has 0 bridgehead atoms. The standard InChI is InChI=1S/C29H34N4O5/c1-3-38-27-15-13-24(14-16-27)30-17-18-31(21-23-7-5-4-6-8-23)28(22-30)29(34)32(19-20-37-2)25-9-11-26(12-10-25)33(35)36/h4-16,28H,3,17-22H2,1-2H3. The molecule has 3 aromatic rings. The van der Waals surface area contributed by atoms with Crippen LogP contribution in [0.2, 0.25) is 0 Å². The van der Waals surface area contributed by atoms with E-state index in [1.807, 2.05) is 49.4 Å². The molecule has 4 rings (SSSR count). The molecule has 38 heavy (non-hydrogen) atoms. The molecule has 1 unspecified atom stereocenters. The van der Waals surface area contributed by atoms with Crippen LogP contribution in [0, 0.1) is 10.1 Å². The van der Waals surface area contributed by atoms with Gasteiger partial charge in [0.1, 0.15) is 11.8 Å². The number of hydrogen-bond acceptors (Lipinski definition) is 7. The van der Waals surface area contributed by atoms with Gasteiger partial charge in [0.25, 0.3) is 5.69 Å². The van der Waals surface area contributed by atoms with Gasteiger partial charge in [-0.2, -0.15) is 0 Å². The molecule has 200 valence electrons. The number of anilines is 2. The van der Waals surface area contributed by atoms with Crippen LogP contribution in [-0.2, 0) is 16.1 Å². The minimum atomic E-state index is -0.442. The maximum Gasteiger partial charge on any atom is 0.269 e. The van der Waals surface area contributed by atoms with Gasteiger partial charge in [-0.25, -0.2) is 0 Å². The summed E-state index contributed by atoms with van der Waals surface area (Å²) in [5.41, 5.74) is 2.76. The summed E-state index contributed by atoms with van der Waals surface area (Å²) in [7, 11) is 1.59. The number of non-ortho nitro benzene ring substituents is 1. The van der Waals surface area contributed by atoms with Crippen LogP contribution in [0.15, 0.2) is 78.9 Å². The number of methoxy groups -OCH3 is 1. The summed E-state index contributed by atoms with van der Waals surface area (Å²) in [6.07, 6.45) is 0. The maximum atomic E-state index is 14.2. The lowest BCUT2D eigenvalue weighted by molar-refractivity contribution is -0.384. The van der Waals surface area contributed by atoms with Gasteiger partial charge in [0.05, 0.1) is 18.1 Å². The first-order chi connectivity index (χ1) is 18.5. The van der Waals surface area contributed by atoms with Crippen molar-refractivity contribution in [2.75, 3.05) is 56.3 Å². The molecule has 9 heteroatoms. The molecule has 0 spiro atoms. The number of hydrogen-bond donors (Lipinski definition) is 0. The Balaban J connectivity index is 1.62. The summed E-state index contributed by atoms with van der Waals surface area (Å²) in [5.74, 6) is 0.748. The van der Waals surface area contributed by atoms with Crippen LogP contribution in [0.25, 0.3) is 0 Å². The predicted molar refractivity (Wildman–Crippen MR) is 148 cm³/mol. The third-order valence-corrected chi connectivity index (χ3v) is 6.67. The van der Waals surface area contributed by atoms with Gasteiger partial charge in [0, 0.05) is 63.3 Å². The number of carbonyl (C=O) groups excluding carboxylic acids is 1.